The average molecular weight is 521 g/mol. The van der Waals surface area contributed by atoms with E-state index in [1.807, 2.05) is 42.5 Å². The fraction of sp³-hybridized carbons (Fsp3) is 0.0909. The number of amides is 1. The predicted molar refractivity (Wildman–Crippen MR) is 123 cm³/mol. The Hall–Kier alpha value is -2.58. The van der Waals surface area contributed by atoms with Crippen molar-refractivity contribution in [1.82, 2.24) is 5.43 Å². The molecule has 0 aliphatic rings. The van der Waals surface area contributed by atoms with Crippen molar-refractivity contribution in [2.24, 2.45) is 5.10 Å². The third kappa shape index (κ3) is 6.20. The summed E-state index contributed by atoms with van der Waals surface area (Å²) in [6, 6.07) is 20.1. The number of hydrogen-bond acceptors (Lipinski definition) is 4. The van der Waals surface area contributed by atoms with Gasteiger partial charge in [-0.15, -0.1) is 0 Å². The second kappa shape index (κ2) is 10.3. The molecule has 3 aromatic rings. The summed E-state index contributed by atoms with van der Waals surface area (Å²) in [7, 11) is 1.58. The summed E-state index contributed by atoms with van der Waals surface area (Å²) in [4.78, 5) is 12.2. The number of ether oxygens (including phenoxy) is 2. The highest BCUT2D eigenvalue weighted by atomic mass is 127. The number of carbonyl (C=O) groups is 1. The fourth-order valence-corrected chi connectivity index (χ4v) is 3.16. The zero-order valence-corrected chi connectivity index (χ0v) is 18.5. The van der Waals surface area contributed by atoms with Crippen molar-refractivity contribution < 1.29 is 14.3 Å². The normalized spacial score (nSPS) is 10.7. The molecule has 0 atom stereocenters. The number of nitrogens with zero attached hydrogens (tertiary/aromatic N) is 1. The molecule has 0 radical (unpaired) electrons. The summed E-state index contributed by atoms with van der Waals surface area (Å²) in [6.07, 6.45) is 1.56. The minimum atomic E-state index is -0.271. The van der Waals surface area contributed by atoms with Gasteiger partial charge in [0, 0.05) is 14.2 Å². The van der Waals surface area contributed by atoms with Crippen LogP contribution < -0.4 is 14.9 Å². The molecule has 148 valence electrons. The largest absolute Gasteiger partial charge is 0.493 e. The molecule has 3 rings (SSSR count). The third-order valence-corrected chi connectivity index (χ3v) is 4.88. The molecule has 0 bridgehead atoms. The van der Waals surface area contributed by atoms with Crippen LogP contribution in [0.4, 0.5) is 0 Å². The van der Waals surface area contributed by atoms with Gasteiger partial charge in [0.2, 0.25) is 0 Å². The van der Waals surface area contributed by atoms with Gasteiger partial charge in [-0.05, 0) is 82.2 Å². The van der Waals surface area contributed by atoms with E-state index in [0.29, 0.717) is 28.7 Å². The first-order valence-electron chi connectivity index (χ1n) is 8.69. The van der Waals surface area contributed by atoms with Crippen LogP contribution in [-0.4, -0.2) is 19.2 Å². The summed E-state index contributed by atoms with van der Waals surface area (Å²) in [5, 5.41) is 4.71. The molecule has 0 aliphatic carbocycles. The average Bonchev–Trinajstić information content (AvgIpc) is 2.73. The Morgan fingerprint density at radius 1 is 1.10 bits per heavy atom. The first-order valence-corrected chi connectivity index (χ1v) is 10.1. The van der Waals surface area contributed by atoms with Crippen LogP contribution in [0.2, 0.25) is 5.02 Å². The molecule has 0 aliphatic heterocycles. The Bertz CT molecular complexity index is 1020. The molecule has 5 nitrogen and oxygen atoms in total. The van der Waals surface area contributed by atoms with Crippen molar-refractivity contribution >= 4 is 46.3 Å². The summed E-state index contributed by atoms with van der Waals surface area (Å²) in [6.45, 7) is 0.373. The maximum atomic E-state index is 12.2. The van der Waals surface area contributed by atoms with Crippen molar-refractivity contribution in [3.8, 4) is 11.5 Å². The van der Waals surface area contributed by atoms with Crippen LogP contribution in [-0.2, 0) is 6.61 Å². The molecule has 0 spiro atoms. The summed E-state index contributed by atoms with van der Waals surface area (Å²) in [5.41, 5.74) is 4.83. The van der Waals surface area contributed by atoms with Crippen molar-refractivity contribution in [2.45, 2.75) is 6.61 Å². The van der Waals surface area contributed by atoms with Crippen LogP contribution in [0.1, 0.15) is 21.5 Å². The van der Waals surface area contributed by atoms with Crippen LogP contribution in [0.3, 0.4) is 0 Å². The van der Waals surface area contributed by atoms with Crippen molar-refractivity contribution in [2.75, 3.05) is 7.11 Å². The van der Waals surface area contributed by atoms with Gasteiger partial charge in [0.1, 0.15) is 6.61 Å². The highest BCUT2D eigenvalue weighted by Crippen LogP contribution is 2.28. The lowest BCUT2D eigenvalue weighted by molar-refractivity contribution is 0.0955. The van der Waals surface area contributed by atoms with Crippen molar-refractivity contribution in [1.29, 1.82) is 0 Å². The van der Waals surface area contributed by atoms with Crippen molar-refractivity contribution in [3.05, 3.63) is 92.0 Å². The monoisotopic (exact) mass is 520 g/mol. The van der Waals surface area contributed by atoms with E-state index in [-0.39, 0.29) is 5.91 Å². The number of benzene rings is 3. The lowest BCUT2D eigenvalue weighted by Crippen LogP contribution is -2.17. The number of hydrogen-bond donors (Lipinski definition) is 1. The molecular weight excluding hydrogens is 503 g/mol. The fourth-order valence-electron chi connectivity index (χ4n) is 2.49. The standard InChI is InChI=1S/C22H18ClIN2O3/c1-28-20-10-7-16(11-21(20)29-14-15-5-8-18(23)9-6-15)13-25-26-22(27)17-3-2-4-19(24)12-17/h2-13H,14H2,1H3,(H,26,27)/b25-13-. The quantitative estimate of drug-likeness (QED) is 0.261. The number of nitrogens with one attached hydrogen (secondary N) is 1. The molecule has 0 fully saturated rings. The van der Waals surface area contributed by atoms with Gasteiger partial charge in [-0.1, -0.05) is 29.8 Å². The van der Waals surface area contributed by atoms with E-state index in [1.54, 1.807) is 37.6 Å². The SMILES string of the molecule is COc1ccc(/C=N\NC(=O)c2cccc(I)c2)cc1OCc1ccc(Cl)cc1. The van der Waals surface area contributed by atoms with E-state index in [0.717, 1.165) is 14.7 Å². The molecule has 0 heterocycles. The van der Waals surface area contributed by atoms with E-state index in [9.17, 15) is 4.79 Å². The highest BCUT2D eigenvalue weighted by molar-refractivity contribution is 14.1. The lowest BCUT2D eigenvalue weighted by atomic mass is 10.2. The molecule has 0 unspecified atom stereocenters. The number of carbonyl (C=O) groups excluding carboxylic acids is 1. The Balaban J connectivity index is 1.66. The van der Waals surface area contributed by atoms with E-state index in [4.69, 9.17) is 21.1 Å². The minimum Gasteiger partial charge on any atom is -0.493 e. The zero-order valence-electron chi connectivity index (χ0n) is 15.6. The minimum absolute atomic E-state index is 0.271. The summed E-state index contributed by atoms with van der Waals surface area (Å²) >= 11 is 8.07. The molecule has 0 saturated heterocycles. The van der Waals surface area contributed by atoms with E-state index in [1.165, 1.54) is 0 Å². The molecule has 1 N–H and O–H groups in total. The van der Waals surface area contributed by atoms with Crippen LogP contribution in [0.25, 0.3) is 0 Å². The predicted octanol–water partition coefficient (Wildman–Crippen LogP) is 5.30. The maximum absolute atomic E-state index is 12.2. The lowest BCUT2D eigenvalue weighted by Gasteiger charge is -2.11. The molecule has 0 aromatic heterocycles. The molecule has 0 saturated carbocycles. The van der Waals surface area contributed by atoms with E-state index in [2.05, 4.69) is 33.1 Å². The number of halogens is 2. The molecular formula is C22H18ClIN2O3. The molecule has 7 heteroatoms. The van der Waals surface area contributed by atoms with Crippen LogP contribution in [0.5, 0.6) is 11.5 Å². The summed E-state index contributed by atoms with van der Waals surface area (Å²) in [5.74, 6) is 0.918. The third-order valence-electron chi connectivity index (χ3n) is 3.96. The second-order valence-electron chi connectivity index (χ2n) is 6.03. The van der Waals surface area contributed by atoms with Crippen LogP contribution in [0, 0.1) is 3.57 Å². The molecule has 1 amide bonds. The van der Waals surface area contributed by atoms with Gasteiger partial charge in [-0.25, -0.2) is 5.43 Å². The number of hydrazone groups is 1. The molecule has 29 heavy (non-hydrogen) atoms. The zero-order chi connectivity index (χ0) is 20.6. The van der Waals surface area contributed by atoms with Gasteiger partial charge in [-0.3, -0.25) is 4.79 Å². The van der Waals surface area contributed by atoms with Gasteiger partial charge in [-0.2, -0.15) is 5.10 Å². The van der Waals surface area contributed by atoms with Crippen LogP contribution in [0.15, 0.2) is 71.8 Å². The van der Waals surface area contributed by atoms with E-state index >= 15 is 0 Å². The highest BCUT2D eigenvalue weighted by Gasteiger charge is 2.07. The first-order chi connectivity index (χ1) is 14.0. The Kier molecular flexibility index (Phi) is 7.48. The van der Waals surface area contributed by atoms with Gasteiger partial charge >= 0.3 is 0 Å². The summed E-state index contributed by atoms with van der Waals surface area (Å²) < 4.78 is 12.2. The Morgan fingerprint density at radius 2 is 1.90 bits per heavy atom. The second-order valence-corrected chi connectivity index (χ2v) is 7.72. The van der Waals surface area contributed by atoms with Gasteiger partial charge in [0.15, 0.2) is 11.5 Å². The first kappa shape index (κ1) is 21.1. The Morgan fingerprint density at radius 3 is 2.62 bits per heavy atom. The molecule has 3 aromatic carbocycles. The van der Waals surface area contributed by atoms with E-state index < -0.39 is 0 Å². The van der Waals surface area contributed by atoms with Crippen LogP contribution >= 0.6 is 34.2 Å². The van der Waals surface area contributed by atoms with Gasteiger partial charge in [0.25, 0.3) is 5.91 Å². The Labute approximate surface area is 187 Å². The van der Waals surface area contributed by atoms with Gasteiger partial charge < -0.3 is 9.47 Å². The topological polar surface area (TPSA) is 59.9 Å². The smallest absolute Gasteiger partial charge is 0.271 e. The maximum Gasteiger partial charge on any atom is 0.271 e. The number of methoxy groups -OCH3 is 1. The van der Waals surface area contributed by atoms with Gasteiger partial charge in [0.05, 0.1) is 13.3 Å². The number of rotatable bonds is 7. The van der Waals surface area contributed by atoms with Crippen molar-refractivity contribution in [3.63, 3.8) is 0 Å².